The fraction of sp³-hybridized carbons (Fsp3) is 0.381. The van der Waals surface area contributed by atoms with Gasteiger partial charge >= 0.3 is 0 Å². The van der Waals surface area contributed by atoms with E-state index in [9.17, 15) is 20.0 Å². The zero-order chi connectivity index (χ0) is 21.7. The molecule has 0 aliphatic rings. The summed E-state index contributed by atoms with van der Waals surface area (Å²) in [6, 6.07) is 4.62. The van der Waals surface area contributed by atoms with Gasteiger partial charge in [-0.1, -0.05) is 43.0 Å². The van der Waals surface area contributed by atoms with Crippen molar-refractivity contribution in [1.29, 1.82) is 5.26 Å². The molecule has 1 aromatic heterocycles. The summed E-state index contributed by atoms with van der Waals surface area (Å²) in [7, 11) is 0. The molecule has 29 heavy (non-hydrogen) atoms. The summed E-state index contributed by atoms with van der Waals surface area (Å²) < 4.78 is 6.44. The molecular formula is C21H22Cl2N2O4. The van der Waals surface area contributed by atoms with Crippen LogP contribution in [-0.4, -0.2) is 22.1 Å². The van der Waals surface area contributed by atoms with Crippen LogP contribution in [0, 0.1) is 18.3 Å². The first-order chi connectivity index (χ1) is 13.8. The molecule has 1 N–H and O–H groups in total. The van der Waals surface area contributed by atoms with E-state index in [-0.39, 0.29) is 44.6 Å². The Morgan fingerprint density at radius 1 is 1.24 bits per heavy atom. The van der Waals surface area contributed by atoms with Crippen LogP contribution in [0.4, 0.5) is 0 Å². The monoisotopic (exact) mass is 436 g/mol. The van der Waals surface area contributed by atoms with E-state index in [1.54, 1.807) is 6.92 Å². The summed E-state index contributed by atoms with van der Waals surface area (Å²) in [5.41, 5.74) is -0.671. The topological polar surface area (TPSA) is 92.3 Å². The van der Waals surface area contributed by atoms with Gasteiger partial charge in [0.25, 0.3) is 5.56 Å². The number of pyridine rings is 1. The number of nitriles is 1. The van der Waals surface area contributed by atoms with Crippen LogP contribution in [0.1, 0.15) is 60.2 Å². The lowest BCUT2D eigenvalue weighted by Crippen LogP contribution is -2.27. The minimum absolute atomic E-state index is 0.115. The number of aromatic nitrogens is 1. The molecular weight excluding hydrogens is 415 g/mol. The second kappa shape index (κ2) is 9.82. The smallest absolute Gasteiger partial charge is 0.271 e. The maximum atomic E-state index is 13.2. The van der Waals surface area contributed by atoms with Gasteiger partial charge in [0, 0.05) is 12.1 Å². The van der Waals surface area contributed by atoms with Gasteiger partial charge in [0.1, 0.15) is 11.6 Å². The van der Waals surface area contributed by atoms with E-state index in [4.69, 9.17) is 27.9 Å². The average Bonchev–Trinajstić information content (AvgIpc) is 2.67. The van der Waals surface area contributed by atoms with Crippen molar-refractivity contribution in [3.8, 4) is 17.7 Å². The Kier molecular flexibility index (Phi) is 7.72. The fourth-order valence-corrected chi connectivity index (χ4v) is 3.66. The van der Waals surface area contributed by atoms with Crippen molar-refractivity contribution in [3.63, 3.8) is 0 Å². The summed E-state index contributed by atoms with van der Waals surface area (Å²) >= 11 is 12.4. The number of unbranched alkanes of at least 4 members (excludes halogenated alkanes) is 2. The Morgan fingerprint density at radius 3 is 2.38 bits per heavy atom. The van der Waals surface area contributed by atoms with Crippen LogP contribution >= 0.6 is 23.2 Å². The van der Waals surface area contributed by atoms with E-state index in [2.05, 4.69) is 0 Å². The Balaban J connectivity index is 2.65. The van der Waals surface area contributed by atoms with Crippen molar-refractivity contribution in [2.45, 2.75) is 46.6 Å². The van der Waals surface area contributed by atoms with Gasteiger partial charge < -0.3 is 9.84 Å². The van der Waals surface area contributed by atoms with Crippen LogP contribution in [-0.2, 0) is 6.54 Å². The average molecular weight is 437 g/mol. The molecule has 1 aromatic carbocycles. The summed E-state index contributed by atoms with van der Waals surface area (Å²) in [5, 5.41) is 20.5. The van der Waals surface area contributed by atoms with Crippen LogP contribution in [0.5, 0.6) is 11.6 Å². The lowest BCUT2D eigenvalue weighted by atomic mass is 9.97. The summed E-state index contributed by atoms with van der Waals surface area (Å²) in [6.07, 6.45) is 2.39. The molecule has 0 amide bonds. The highest BCUT2D eigenvalue weighted by Gasteiger charge is 2.26. The first-order valence-electron chi connectivity index (χ1n) is 9.31. The van der Waals surface area contributed by atoms with E-state index in [1.165, 1.54) is 19.1 Å². The fourth-order valence-electron chi connectivity index (χ4n) is 3.07. The van der Waals surface area contributed by atoms with Gasteiger partial charge in [0.15, 0.2) is 11.5 Å². The molecule has 0 saturated carbocycles. The number of carbonyl (C=O) groups excluding carboxylic acids is 1. The van der Waals surface area contributed by atoms with Crippen LogP contribution in [0.25, 0.3) is 0 Å². The van der Waals surface area contributed by atoms with Gasteiger partial charge in [-0.15, -0.1) is 0 Å². The molecule has 2 aromatic rings. The molecule has 0 aliphatic carbocycles. The van der Waals surface area contributed by atoms with Crippen molar-refractivity contribution >= 4 is 29.0 Å². The van der Waals surface area contributed by atoms with Gasteiger partial charge in [-0.3, -0.25) is 14.2 Å². The maximum absolute atomic E-state index is 13.2. The third-order valence-electron chi connectivity index (χ3n) is 4.56. The molecule has 0 radical (unpaired) electrons. The number of benzene rings is 1. The molecule has 0 fully saturated rings. The van der Waals surface area contributed by atoms with Crippen LogP contribution < -0.4 is 10.3 Å². The van der Waals surface area contributed by atoms with E-state index < -0.39 is 17.2 Å². The number of hydrogen-bond donors (Lipinski definition) is 1. The summed E-state index contributed by atoms with van der Waals surface area (Å²) in [6.45, 7) is 5.80. The Hall–Kier alpha value is -2.49. The first kappa shape index (κ1) is 22.8. The van der Waals surface area contributed by atoms with Crippen molar-refractivity contribution in [1.82, 2.24) is 4.57 Å². The minimum Gasteiger partial charge on any atom is -0.494 e. The van der Waals surface area contributed by atoms with Gasteiger partial charge in [-0.05, 0) is 38.0 Å². The number of ether oxygens (including phenoxy) is 1. The third-order valence-corrected chi connectivity index (χ3v) is 5.12. The van der Waals surface area contributed by atoms with Crippen LogP contribution in [0.15, 0.2) is 16.9 Å². The number of aromatic hydroxyl groups is 1. The van der Waals surface area contributed by atoms with E-state index >= 15 is 0 Å². The zero-order valence-electron chi connectivity index (χ0n) is 16.5. The second-order valence-corrected chi connectivity index (χ2v) is 7.32. The number of hydrogen-bond acceptors (Lipinski definition) is 5. The van der Waals surface area contributed by atoms with Crippen molar-refractivity contribution in [3.05, 3.63) is 54.8 Å². The SMILES string of the molecule is CCCCCn1c(O)c(C(=O)c2cc(Cl)c(OCC)c(Cl)c2)c(C)c(C#N)c1=O. The molecule has 154 valence electrons. The second-order valence-electron chi connectivity index (χ2n) is 6.51. The highest BCUT2D eigenvalue weighted by Crippen LogP contribution is 2.36. The molecule has 6 nitrogen and oxygen atoms in total. The van der Waals surface area contributed by atoms with Crippen molar-refractivity contribution < 1.29 is 14.6 Å². The largest absolute Gasteiger partial charge is 0.494 e. The number of carbonyl (C=O) groups is 1. The zero-order valence-corrected chi connectivity index (χ0v) is 18.0. The molecule has 1 heterocycles. The van der Waals surface area contributed by atoms with Crippen LogP contribution in [0.2, 0.25) is 10.0 Å². The van der Waals surface area contributed by atoms with Gasteiger partial charge in [0.2, 0.25) is 5.88 Å². The predicted octanol–water partition coefficient (Wildman–Crippen LogP) is 4.86. The molecule has 2 rings (SSSR count). The molecule has 8 heteroatoms. The Morgan fingerprint density at radius 2 is 1.86 bits per heavy atom. The minimum atomic E-state index is -0.613. The maximum Gasteiger partial charge on any atom is 0.271 e. The first-order valence-corrected chi connectivity index (χ1v) is 10.1. The quantitative estimate of drug-likeness (QED) is 0.470. The predicted molar refractivity (Wildman–Crippen MR) is 112 cm³/mol. The molecule has 0 bridgehead atoms. The van der Waals surface area contributed by atoms with E-state index in [0.29, 0.717) is 13.0 Å². The number of rotatable bonds is 8. The van der Waals surface area contributed by atoms with E-state index in [1.807, 2.05) is 13.0 Å². The lowest BCUT2D eigenvalue weighted by Gasteiger charge is -2.16. The number of halogens is 2. The van der Waals surface area contributed by atoms with Crippen molar-refractivity contribution in [2.75, 3.05) is 6.61 Å². The van der Waals surface area contributed by atoms with E-state index in [0.717, 1.165) is 17.4 Å². The number of ketones is 1. The van der Waals surface area contributed by atoms with Crippen LogP contribution in [0.3, 0.4) is 0 Å². The summed E-state index contributed by atoms with van der Waals surface area (Å²) in [5.74, 6) is -0.795. The number of nitrogens with zero attached hydrogens (tertiary/aromatic N) is 2. The lowest BCUT2D eigenvalue weighted by molar-refractivity contribution is 0.103. The van der Waals surface area contributed by atoms with Gasteiger partial charge in [-0.2, -0.15) is 5.26 Å². The molecule has 0 spiro atoms. The highest BCUT2D eigenvalue weighted by molar-refractivity contribution is 6.38. The van der Waals surface area contributed by atoms with Crippen molar-refractivity contribution in [2.24, 2.45) is 0 Å². The molecule has 0 aliphatic heterocycles. The highest BCUT2D eigenvalue weighted by atomic mass is 35.5. The summed E-state index contributed by atoms with van der Waals surface area (Å²) in [4.78, 5) is 25.8. The molecule has 0 unspecified atom stereocenters. The van der Waals surface area contributed by atoms with Gasteiger partial charge in [0.05, 0.1) is 22.2 Å². The Bertz CT molecular complexity index is 1020. The standard InChI is InChI=1S/C21H22Cl2N2O4/c1-4-6-7-8-25-20(27)14(11-24)12(3)17(21(25)28)18(26)13-9-15(22)19(29-5-2)16(23)10-13/h9-10,28H,4-8H2,1-3H3. The molecule has 0 atom stereocenters. The third kappa shape index (κ3) is 4.58. The molecule has 0 saturated heterocycles. The Labute approximate surface area is 179 Å². The van der Waals surface area contributed by atoms with Gasteiger partial charge in [-0.25, -0.2) is 0 Å². The normalized spacial score (nSPS) is 10.6.